The molecule has 0 bridgehead atoms. The minimum atomic E-state index is 0.381. The third-order valence-electron chi connectivity index (χ3n) is 22.4. The van der Waals surface area contributed by atoms with E-state index in [2.05, 4.69) is 196 Å². The van der Waals surface area contributed by atoms with Crippen molar-refractivity contribution in [2.24, 2.45) is 0 Å². The maximum Gasteiger partial charge on any atom is 0.160 e. The Morgan fingerprint density at radius 2 is 0.769 bits per heavy atom. The van der Waals surface area contributed by atoms with Gasteiger partial charge in [0.05, 0.1) is 47.6 Å². The quantitative estimate of drug-likeness (QED) is 0.0706. The summed E-state index contributed by atoms with van der Waals surface area (Å²) in [7, 11) is 0. The van der Waals surface area contributed by atoms with Crippen molar-refractivity contribution in [3.63, 3.8) is 0 Å². The van der Waals surface area contributed by atoms with Crippen LogP contribution in [0.25, 0.3) is 84.3 Å². The van der Waals surface area contributed by atoms with Gasteiger partial charge >= 0.3 is 0 Å². The highest BCUT2D eigenvalue weighted by atomic mass is 15.3. The van der Waals surface area contributed by atoms with Gasteiger partial charge in [0.2, 0.25) is 0 Å². The lowest BCUT2D eigenvalue weighted by Crippen LogP contribution is -2.24. The van der Waals surface area contributed by atoms with E-state index >= 15 is 0 Å². The number of nitrogens with one attached hydrogen (secondary N) is 4. The summed E-state index contributed by atoms with van der Waals surface area (Å²) in [5.74, 6) is 3.89. The lowest BCUT2D eigenvalue weighted by Gasteiger charge is -2.26. The van der Waals surface area contributed by atoms with Gasteiger partial charge in [0.15, 0.2) is 22.6 Å². The van der Waals surface area contributed by atoms with E-state index in [0.29, 0.717) is 12.1 Å². The van der Waals surface area contributed by atoms with Gasteiger partial charge in [-0.1, -0.05) is 164 Å². The predicted octanol–water partition coefficient (Wildman–Crippen LogP) is 22.9. The second kappa shape index (κ2) is 39.9. The van der Waals surface area contributed by atoms with Crippen molar-refractivity contribution in [3.8, 4) is 45.0 Å². The maximum atomic E-state index is 4.85. The number of nitrogens with zero attached hydrogens (tertiary/aromatic N) is 16. The molecule has 616 valence electrons. The number of anilines is 4. The molecule has 20 heteroatoms. The third kappa shape index (κ3) is 19.0. The Labute approximate surface area is 711 Å². The van der Waals surface area contributed by atoms with Crippen LogP contribution in [0.3, 0.4) is 0 Å². The average molecular weight is 1610 g/mol. The van der Waals surface area contributed by atoms with Crippen LogP contribution < -0.4 is 21.3 Å². The minimum Gasteiger partial charge on any atom is -0.370 e. The Morgan fingerprint density at radius 3 is 1.21 bits per heavy atom. The van der Waals surface area contributed by atoms with Gasteiger partial charge in [-0.05, 0) is 215 Å². The maximum absolute atomic E-state index is 4.85. The molecule has 21 rings (SSSR count). The first kappa shape index (κ1) is 84.1. The highest BCUT2D eigenvalue weighted by Gasteiger charge is 2.30. The largest absolute Gasteiger partial charge is 0.370 e. The van der Waals surface area contributed by atoms with Gasteiger partial charge in [0, 0.05) is 144 Å². The summed E-state index contributed by atoms with van der Waals surface area (Å²) >= 11 is 0. The predicted molar refractivity (Wildman–Crippen MR) is 497 cm³/mol. The highest BCUT2D eigenvalue weighted by Crippen LogP contribution is 2.43. The monoisotopic (exact) mass is 1600 g/mol. The fourth-order valence-electron chi connectivity index (χ4n) is 16.5. The van der Waals surface area contributed by atoms with E-state index in [1.165, 1.54) is 56.5 Å². The molecule has 6 aliphatic rings. The van der Waals surface area contributed by atoms with E-state index in [0.717, 1.165) is 202 Å². The zero-order valence-corrected chi connectivity index (χ0v) is 72.2. The van der Waals surface area contributed by atoms with Crippen molar-refractivity contribution in [2.45, 2.75) is 179 Å². The van der Waals surface area contributed by atoms with Crippen LogP contribution >= 0.6 is 0 Å². The van der Waals surface area contributed by atoms with E-state index in [9.17, 15) is 0 Å². The fourth-order valence-corrected chi connectivity index (χ4v) is 16.5. The molecule has 0 fully saturated rings. The Bertz CT molecular complexity index is 6240. The highest BCUT2D eigenvalue weighted by molar-refractivity contribution is 5.79. The summed E-state index contributed by atoms with van der Waals surface area (Å²) in [6.45, 7) is 27.9. The zero-order valence-electron chi connectivity index (χ0n) is 72.2. The number of hydrogen-bond acceptors (Lipinski definition) is 16. The van der Waals surface area contributed by atoms with Gasteiger partial charge < -0.3 is 21.3 Å². The van der Waals surface area contributed by atoms with Crippen molar-refractivity contribution in [3.05, 3.63) is 316 Å². The Hall–Kier alpha value is -13.4. The topological polar surface area (TPSA) is 220 Å². The first-order valence-electron chi connectivity index (χ1n) is 43.3. The van der Waals surface area contributed by atoms with E-state index in [1.807, 2.05) is 193 Å². The van der Waals surface area contributed by atoms with Crippen LogP contribution in [0.15, 0.2) is 255 Å². The molecule has 0 saturated heterocycles. The van der Waals surface area contributed by atoms with Gasteiger partial charge in [0.1, 0.15) is 23.3 Å². The first-order valence-corrected chi connectivity index (χ1v) is 43.3. The summed E-state index contributed by atoms with van der Waals surface area (Å²) in [4.78, 5) is 36.3. The average Bonchev–Trinajstić information content (AvgIpc) is 1.86. The molecular formula is C101H112N20. The van der Waals surface area contributed by atoms with Crippen LogP contribution in [0.1, 0.15) is 174 Å². The lowest BCUT2D eigenvalue weighted by molar-refractivity contribution is 0.605. The zero-order chi connectivity index (χ0) is 84.3. The molecule has 6 aliphatic carbocycles. The summed E-state index contributed by atoms with van der Waals surface area (Å²) < 4.78 is 7.62. The molecule has 0 spiro atoms. The molecule has 4 N–H and O–H groups in total. The molecule has 20 nitrogen and oxygen atoms in total. The van der Waals surface area contributed by atoms with Crippen molar-refractivity contribution in [1.29, 1.82) is 0 Å². The number of benzene rings is 3. The van der Waals surface area contributed by atoms with Crippen LogP contribution in [0, 0.1) is 34.6 Å². The molecule has 0 amide bonds. The second-order valence-electron chi connectivity index (χ2n) is 30.2. The summed E-state index contributed by atoms with van der Waals surface area (Å²) in [5, 5.41) is 32.8. The molecule has 0 aliphatic heterocycles. The Morgan fingerprint density at radius 1 is 0.372 bits per heavy atom. The second-order valence-corrected chi connectivity index (χ2v) is 30.2. The molecule has 12 aromatic heterocycles. The smallest absolute Gasteiger partial charge is 0.160 e. The standard InChI is InChI=1S/C25H23N5.C24H23N5.C23H21N5.C21H21N5.4C2H6/c1-16-14-27-30-24(13-23(29-25(16)30)19-6-4-10-26-15-19)28-20-9-8-18-11-17-5-2-3-7-21(17)22(18)12-20;1-16-11-20(15-25-13-16)22-12-23(29-24(28-22)17(2)14-27-29)26-10-9-19-8-7-18-5-3-4-6-21(18)19;1-16-14-26-28-22(13-21(27-23(16)28)19-6-4-11-24-15-19)25-12-10-18-9-8-17-5-2-3-7-20(17)18;1-14-12-23-26-20(24-18-8-7-15-4-2-5-16(15)10-18)11-19(25-21(14)26)17-6-3-9-22-13-17;4*1-2/h2-7,10,13-15,20,28H,8-9,11-12H2,1H3;3-6,8,11-15,26H,7,9-10H2,1-2H3;2-7,9,11,13-15,25H,8,10,12H2,1H3;2-3,5-6,9,11-13,18,24H,4,7-8,10H2,1H3;4*1-2H3. The number of allylic oxidation sites excluding steroid dienone is 6. The van der Waals surface area contributed by atoms with Crippen LogP contribution in [0.2, 0.25) is 0 Å². The van der Waals surface area contributed by atoms with Crippen molar-refractivity contribution in [2.75, 3.05) is 34.4 Å². The molecular weight excluding hydrogens is 1490 g/mol. The van der Waals surface area contributed by atoms with Crippen molar-refractivity contribution < 1.29 is 0 Å². The Kier molecular flexibility index (Phi) is 27.8. The van der Waals surface area contributed by atoms with Gasteiger partial charge in [-0.2, -0.15) is 38.5 Å². The van der Waals surface area contributed by atoms with Gasteiger partial charge in [-0.3, -0.25) is 19.9 Å². The number of aromatic nitrogens is 16. The Balaban J connectivity index is 0.000000128. The number of pyridine rings is 4. The summed E-state index contributed by atoms with van der Waals surface area (Å²) in [5.41, 5.74) is 34.3. The van der Waals surface area contributed by atoms with Crippen LogP contribution in [-0.4, -0.2) is 104 Å². The van der Waals surface area contributed by atoms with E-state index in [1.54, 1.807) is 35.3 Å². The molecule has 2 atom stereocenters. The molecule has 121 heavy (non-hydrogen) atoms. The lowest BCUT2D eigenvalue weighted by atomic mass is 9.88. The first-order chi connectivity index (χ1) is 59.5. The van der Waals surface area contributed by atoms with E-state index in [-0.39, 0.29) is 0 Å². The number of aryl methyl sites for hydroxylation is 5. The van der Waals surface area contributed by atoms with Gasteiger partial charge in [-0.15, -0.1) is 0 Å². The third-order valence-corrected chi connectivity index (χ3v) is 22.4. The van der Waals surface area contributed by atoms with Crippen LogP contribution in [0.5, 0.6) is 0 Å². The van der Waals surface area contributed by atoms with Crippen molar-refractivity contribution in [1.82, 2.24) is 78.3 Å². The number of rotatable bonds is 16. The number of hydrogen-bond donors (Lipinski definition) is 4. The molecule has 12 heterocycles. The molecule has 2 unspecified atom stereocenters. The van der Waals surface area contributed by atoms with Gasteiger partial charge in [0.25, 0.3) is 0 Å². The fraction of sp³-hybridized carbons (Fsp3) is 0.287. The van der Waals surface area contributed by atoms with Crippen LogP contribution in [0.4, 0.5) is 23.3 Å². The molecule has 15 aromatic rings. The minimum absolute atomic E-state index is 0.381. The summed E-state index contributed by atoms with van der Waals surface area (Å²) in [6.07, 6.45) is 44.4. The SMILES string of the molecule is CC.CC.CC.CC.Cc1cncc(-c2cc(NCCC3=CCc4ccccc43)n3ncc(C)c3n2)c1.Cc1cnn2c(NC3CCC4=C(C3)c3ccccc3C4)cc(-c3cccnc3)nc12.Cc1cnn2c(NC3CCC4=C(C=CC4)C3)cc(-c3cccnc3)nc12.Cc1cnn2c(NCCC3=CCc4ccccc43)cc(-c3cccnc3)nc12. The normalized spacial score (nSPS) is 14.8. The van der Waals surface area contributed by atoms with Crippen LogP contribution in [-0.2, 0) is 19.3 Å². The van der Waals surface area contributed by atoms with Gasteiger partial charge in [-0.25, -0.2) is 19.9 Å². The van der Waals surface area contributed by atoms with E-state index < -0.39 is 0 Å². The summed E-state index contributed by atoms with van der Waals surface area (Å²) in [6, 6.07) is 49.4. The molecule has 3 aromatic carbocycles. The molecule has 0 radical (unpaired) electrons. The van der Waals surface area contributed by atoms with Crippen molar-refractivity contribution >= 4 is 62.6 Å². The van der Waals surface area contributed by atoms with E-state index in [4.69, 9.17) is 19.9 Å². The molecule has 0 saturated carbocycles. The number of fused-ring (bicyclic) bond motifs is 8.